The molecule has 0 unspecified atom stereocenters. The molecular formula is C11H12ClN3. The molecule has 4 heteroatoms. The Morgan fingerprint density at radius 1 is 1.40 bits per heavy atom. The SMILES string of the molecule is Cc1cc2nc(C3CC3)nn2c(Cl)c1C. The smallest absolute Gasteiger partial charge is 0.157 e. The Hall–Kier alpha value is -1.09. The number of halogens is 1. The fourth-order valence-electron chi connectivity index (χ4n) is 1.72. The van der Waals surface area contributed by atoms with E-state index in [0.717, 1.165) is 17.0 Å². The average molecular weight is 222 g/mol. The fourth-order valence-corrected chi connectivity index (χ4v) is 1.99. The van der Waals surface area contributed by atoms with Crippen molar-refractivity contribution >= 4 is 17.2 Å². The lowest BCUT2D eigenvalue weighted by Gasteiger charge is -2.03. The molecule has 2 aromatic rings. The zero-order chi connectivity index (χ0) is 10.6. The summed E-state index contributed by atoms with van der Waals surface area (Å²) in [6.45, 7) is 4.06. The van der Waals surface area contributed by atoms with Gasteiger partial charge in [0.25, 0.3) is 0 Å². The summed E-state index contributed by atoms with van der Waals surface area (Å²) in [5.41, 5.74) is 3.11. The highest BCUT2D eigenvalue weighted by Gasteiger charge is 2.28. The minimum absolute atomic E-state index is 0.571. The molecule has 0 aromatic carbocycles. The highest BCUT2D eigenvalue weighted by atomic mass is 35.5. The van der Waals surface area contributed by atoms with Gasteiger partial charge in [-0.25, -0.2) is 9.50 Å². The summed E-state index contributed by atoms with van der Waals surface area (Å²) >= 11 is 6.23. The highest BCUT2D eigenvalue weighted by molar-refractivity contribution is 6.30. The molecule has 0 aliphatic heterocycles. The molecule has 0 N–H and O–H groups in total. The number of hydrogen-bond donors (Lipinski definition) is 0. The maximum atomic E-state index is 6.23. The third kappa shape index (κ3) is 1.34. The maximum Gasteiger partial charge on any atom is 0.157 e. The topological polar surface area (TPSA) is 30.2 Å². The summed E-state index contributed by atoms with van der Waals surface area (Å²) in [6, 6.07) is 2.04. The van der Waals surface area contributed by atoms with Crippen molar-refractivity contribution < 1.29 is 0 Å². The number of aromatic nitrogens is 3. The van der Waals surface area contributed by atoms with E-state index in [2.05, 4.69) is 10.1 Å². The number of hydrogen-bond acceptors (Lipinski definition) is 2. The van der Waals surface area contributed by atoms with Gasteiger partial charge >= 0.3 is 0 Å². The molecule has 0 radical (unpaired) electrons. The monoisotopic (exact) mass is 221 g/mol. The number of pyridine rings is 1. The van der Waals surface area contributed by atoms with E-state index in [1.54, 1.807) is 4.52 Å². The first-order valence-corrected chi connectivity index (χ1v) is 5.57. The van der Waals surface area contributed by atoms with Crippen molar-refractivity contribution in [3.8, 4) is 0 Å². The van der Waals surface area contributed by atoms with Gasteiger partial charge in [-0.3, -0.25) is 0 Å². The molecule has 2 aromatic heterocycles. The summed E-state index contributed by atoms with van der Waals surface area (Å²) in [7, 11) is 0. The van der Waals surface area contributed by atoms with Crippen LogP contribution in [0.4, 0.5) is 0 Å². The van der Waals surface area contributed by atoms with Crippen molar-refractivity contribution in [3.05, 3.63) is 28.2 Å². The maximum absolute atomic E-state index is 6.23. The molecular weight excluding hydrogens is 210 g/mol. The number of aryl methyl sites for hydroxylation is 1. The summed E-state index contributed by atoms with van der Waals surface area (Å²) in [5, 5.41) is 5.13. The molecule has 2 heterocycles. The van der Waals surface area contributed by atoms with Crippen LogP contribution in [0.5, 0.6) is 0 Å². The van der Waals surface area contributed by atoms with E-state index in [9.17, 15) is 0 Å². The first-order valence-electron chi connectivity index (χ1n) is 5.19. The van der Waals surface area contributed by atoms with Crippen LogP contribution >= 0.6 is 11.6 Å². The van der Waals surface area contributed by atoms with Gasteiger partial charge in [0.1, 0.15) is 5.15 Å². The average Bonchev–Trinajstić information content (AvgIpc) is 2.97. The van der Waals surface area contributed by atoms with Gasteiger partial charge in [-0.2, -0.15) is 0 Å². The largest absolute Gasteiger partial charge is 0.212 e. The van der Waals surface area contributed by atoms with E-state index in [1.807, 2.05) is 19.9 Å². The van der Waals surface area contributed by atoms with Crippen LogP contribution in [0.1, 0.15) is 35.7 Å². The fraction of sp³-hybridized carbons (Fsp3) is 0.455. The lowest BCUT2D eigenvalue weighted by Crippen LogP contribution is -1.95. The molecule has 0 bridgehead atoms. The van der Waals surface area contributed by atoms with Crippen LogP contribution in [-0.2, 0) is 0 Å². The van der Waals surface area contributed by atoms with Crippen molar-refractivity contribution in [2.24, 2.45) is 0 Å². The molecule has 1 aliphatic rings. The van der Waals surface area contributed by atoms with Gasteiger partial charge in [-0.05, 0) is 43.9 Å². The van der Waals surface area contributed by atoms with Crippen molar-refractivity contribution in [1.82, 2.24) is 14.6 Å². The van der Waals surface area contributed by atoms with Gasteiger partial charge in [-0.1, -0.05) is 11.6 Å². The van der Waals surface area contributed by atoms with Gasteiger partial charge in [0.15, 0.2) is 11.5 Å². The minimum Gasteiger partial charge on any atom is -0.212 e. The summed E-state index contributed by atoms with van der Waals surface area (Å²) in [6.07, 6.45) is 2.43. The van der Waals surface area contributed by atoms with Crippen LogP contribution in [0.2, 0.25) is 5.15 Å². The molecule has 3 nitrogen and oxygen atoms in total. The Labute approximate surface area is 93.1 Å². The summed E-state index contributed by atoms with van der Waals surface area (Å²) in [5.74, 6) is 1.52. The second-order valence-corrected chi connectivity index (χ2v) is 4.62. The zero-order valence-electron chi connectivity index (χ0n) is 8.79. The van der Waals surface area contributed by atoms with Crippen LogP contribution in [0, 0.1) is 13.8 Å². The van der Waals surface area contributed by atoms with E-state index >= 15 is 0 Å². The zero-order valence-corrected chi connectivity index (χ0v) is 9.54. The lowest BCUT2D eigenvalue weighted by molar-refractivity contribution is 0.873. The van der Waals surface area contributed by atoms with Gasteiger partial charge in [0.2, 0.25) is 0 Å². The van der Waals surface area contributed by atoms with Crippen LogP contribution in [0.25, 0.3) is 5.65 Å². The molecule has 0 spiro atoms. The van der Waals surface area contributed by atoms with Gasteiger partial charge in [-0.15, -0.1) is 5.10 Å². The molecule has 3 rings (SSSR count). The number of nitrogens with zero attached hydrogens (tertiary/aromatic N) is 3. The third-order valence-corrected chi connectivity index (χ3v) is 3.47. The van der Waals surface area contributed by atoms with E-state index < -0.39 is 0 Å². The van der Waals surface area contributed by atoms with E-state index in [4.69, 9.17) is 11.6 Å². The number of rotatable bonds is 1. The number of fused-ring (bicyclic) bond motifs is 1. The van der Waals surface area contributed by atoms with Crippen LogP contribution in [0.15, 0.2) is 6.07 Å². The van der Waals surface area contributed by atoms with Crippen LogP contribution in [0.3, 0.4) is 0 Å². The molecule has 1 aliphatic carbocycles. The predicted octanol–water partition coefficient (Wildman–Crippen LogP) is 2.88. The van der Waals surface area contributed by atoms with Crippen molar-refractivity contribution in [1.29, 1.82) is 0 Å². The molecule has 0 atom stereocenters. The Bertz CT molecular complexity index is 540. The van der Waals surface area contributed by atoms with Crippen LogP contribution < -0.4 is 0 Å². The predicted molar refractivity (Wildman–Crippen MR) is 59.4 cm³/mol. The Kier molecular flexibility index (Phi) is 1.80. The summed E-state index contributed by atoms with van der Waals surface area (Å²) in [4.78, 5) is 4.50. The normalized spacial score (nSPS) is 16.2. The summed E-state index contributed by atoms with van der Waals surface area (Å²) < 4.78 is 1.75. The molecule has 78 valence electrons. The first-order chi connectivity index (χ1) is 7.16. The Morgan fingerprint density at radius 3 is 2.80 bits per heavy atom. The first kappa shape index (κ1) is 9.16. The lowest BCUT2D eigenvalue weighted by atomic mass is 10.2. The quantitative estimate of drug-likeness (QED) is 0.694. The van der Waals surface area contributed by atoms with Gasteiger partial charge in [0, 0.05) is 5.92 Å². The van der Waals surface area contributed by atoms with Gasteiger partial charge < -0.3 is 0 Å². The Balaban J connectivity index is 2.29. The highest BCUT2D eigenvalue weighted by Crippen LogP contribution is 2.38. The van der Waals surface area contributed by atoms with E-state index in [1.165, 1.54) is 18.4 Å². The second-order valence-electron chi connectivity index (χ2n) is 4.26. The standard InChI is InChI=1S/C11H12ClN3/c1-6-5-9-13-11(8-3-4-8)14-15(9)10(12)7(6)2/h5,8H,3-4H2,1-2H3. The van der Waals surface area contributed by atoms with Gasteiger partial charge in [0.05, 0.1) is 0 Å². The van der Waals surface area contributed by atoms with Crippen LogP contribution in [-0.4, -0.2) is 14.6 Å². The van der Waals surface area contributed by atoms with Crippen molar-refractivity contribution in [3.63, 3.8) is 0 Å². The molecule has 1 saturated carbocycles. The van der Waals surface area contributed by atoms with Crippen molar-refractivity contribution in [2.45, 2.75) is 32.6 Å². The third-order valence-electron chi connectivity index (χ3n) is 3.02. The second kappa shape index (κ2) is 2.95. The molecule has 0 amide bonds. The molecule has 0 saturated heterocycles. The molecule has 15 heavy (non-hydrogen) atoms. The minimum atomic E-state index is 0.571. The van der Waals surface area contributed by atoms with Crippen molar-refractivity contribution in [2.75, 3.05) is 0 Å². The van der Waals surface area contributed by atoms with E-state index in [-0.39, 0.29) is 0 Å². The Morgan fingerprint density at radius 2 is 2.13 bits per heavy atom. The molecule has 1 fully saturated rings. The van der Waals surface area contributed by atoms with E-state index in [0.29, 0.717) is 11.1 Å².